The summed E-state index contributed by atoms with van der Waals surface area (Å²) in [6.07, 6.45) is -5.69. The van der Waals surface area contributed by atoms with E-state index in [0.717, 1.165) is 6.92 Å². The number of hydrogen-bond acceptors (Lipinski definition) is 3. The van der Waals surface area contributed by atoms with Crippen LogP contribution in [0, 0.1) is 0 Å². The van der Waals surface area contributed by atoms with Crippen LogP contribution in [0.3, 0.4) is 0 Å². The quantitative estimate of drug-likeness (QED) is 0.437. The number of ether oxygens (including phenoxy) is 1. The second-order valence-electron chi connectivity index (χ2n) is 2.29. The van der Waals surface area contributed by atoms with E-state index < -0.39 is 30.3 Å². The lowest BCUT2D eigenvalue weighted by atomic mass is 10.3. The first kappa shape index (κ1) is 12.5. The number of alkyl halides is 3. The minimum atomic E-state index is -4.53. The van der Waals surface area contributed by atoms with E-state index in [-0.39, 0.29) is 0 Å². The minimum absolute atomic E-state index is 0.295. The van der Waals surface area contributed by atoms with Crippen LogP contribution in [-0.2, 0) is 14.3 Å². The number of halogens is 3. The van der Waals surface area contributed by atoms with Crippen LogP contribution in [0.25, 0.3) is 0 Å². The Kier molecular flexibility index (Phi) is 4.13. The highest BCUT2D eigenvalue weighted by atomic mass is 19.4. The van der Waals surface area contributed by atoms with Crippen LogP contribution >= 0.6 is 0 Å². The van der Waals surface area contributed by atoms with E-state index in [2.05, 4.69) is 4.74 Å². The molecule has 0 spiro atoms. The Morgan fingerprint density at radius 3 is 2.21 bits per heavy atom. The van der Waals surface area contributed by atoms with E-state index in [9.17, 15) is 22.8 Å². The number of carbonyl (C=O) groups excluding carboxylic acids is 1. The van der Waals surface area contributed by atoms with Gasteiger partial charge in [-0.2, -0.15) is 13.2 Å². The molecule has 0 aromatic carbocycles. The number of aliphatic carboxylic acids is 1. The summed E-state index contributed by atoms with van der Waals surface area (Å²) in [5.41, 5.74) is 0. The van der Waals surface area contributed by atoms with Gasteiger partial charge in [0.05, 0.1) is 6.42 Å². The van der Waals surface area contributed by atoms with Crippen molar-refractivity contribution in [3.05, 3.63) is 11.8 Å². The molecule has 0 aliphatic rings. The number of carboxylic acid groups (broad SMARTS) is 1. The smallest absolute Gasteiger partial charge is 0.392 e. The maximum atomic E-state index is 11.6. The maximum Gasteiger partial charge on any atom is 0.392 e. The molecule has 0 aliphatic heterocycles. The molecule has 4 nitrogen and oxygen atoms in total. The number of allylic oxidation sites excluding steroid dienone is 1. The standard InChI is InChI=1S/C7H7F3O4/c1-4(11)14-5(6(12)13)2-3-7(8,9)10/h2H,3H2,1H3,(H,12,13). The topological polar surface area (TPSA) is 63.6 Å². The second kappa shape index (κ2) is 4.64. The zero-order chi connectivity index (χ0) is 11.4. The fraction of sp³-hybridized carbons (Fsp3) is 0.429. The molecule has 0 aromatic rings. The number of carbonyl (C=O) groups is 2. The highest BCUT2D eigenvalue weighted by Crippen LogP contribution is 2.21. The van der Waals surface area contributed by atoms with Crippen LogP contribution in [0.5, 0.6) is 0 Å². The van der Waals surface area contributed by atoms with Crippen LogP contribution in [-0.4, -0.2) is 23.2 Å². The van der Waals surface area contributed by atoms with E-state index in [1.807, 2.05) is 0 Å². The van der Waals surface area contributed by atoms with Crippen molar-refractivity contribution in [3.8, 4) is 0 Å². The van der Waals surface area contributed by atoms with Gasteiger partial charge in [-0.15, -0.1) is 0 Å². The first-order valence-corrected chi connectivity index (χ1v) is 3.41. The first-order valence-electron chi connectivity index (χ1n) is 3.41. The van der Waals surface area contributed by atoms with Crippen molar-refractivity contribution in [3.63, 3.8) is 0 Å². The molecule has 0 rings (SSSR count). The van der Waals surface area contributed by atoms with Crippen molar-refractivity contribution >= 4 is 11.9 Å². The molecule has 0 unspecified atom stereocenters. The maximum absolute atomic E-state index is 11.6. The van der Waals surface area contributed by atoms with Gasteiger partial charge in [0.25, 0.3) is 0 Å². The summed E-state index contributed by atoms with van der Waals surface area (Å²) < 4.78 is 38.9. The molecule has 80 valence electrons. The second-order valence-corrected chi connectivity index (χ2v) is 2.29. The van der Waals surface area contributed by atoms with Gasteiger partial charge in [0, 0.05) is 6.92 Å². The Morgan fingerprint density at radius 2 is 1.93 bits per heavy atom. The molecular formula is C7H7F3O4. The molecular weight excluding hydrogens is 205 g/mol. The monoisotopic (exact) mass is 212 g/mol. The summed E-state index contributed by atoms with van der Waals surface area (Å²) in [6.45, 7) is 0.893. The molecule has 1 N–H and O–H groups in total. The molecule has 0 heterocycles. The zero-order valence-electron chi connectivity index (χ0n) is 7.09. The van der Waals surface area contributed by atoms with Crippen molar-refractivity contribution in [1.29, 1.82) is 0 Å². The van der Waals surface area contributed by atoms with Gasteiger partial charge in [0.1, 0.15) is 0 Å². The van der Waals surface area contributed by atoms with Crippen LogP contribution in [0.15, 0.2) is 11.8 Å². The summed E-state index contributed by atoms with van der Waals surface area (Å²) in [5, 5.41) is 8.31. The van der Waals surface area contributed by atoms with Gasteiger partial charge in [-0.05, 0) is 6.08 Å². The average Bonchev–Trinajstić information content (AvgIpc) is 1.94. The van der Waals surface area contributed by atoms with Gasteiger partial charge in [-0.3, -0.25) is 4.79 Å². The van der Waals surface area contributed by atoms with Gasteiger partial charge >= 0.3 is 18.1 Å². The molecule has 0 aromatic heterocycles. The predicted octanol–water partition coefficient (Wildman–Crippen LogP) is 1.47. The van der Waals surface area contributed by atoms with Crippen LogP contribution in [0.2, 0.25) is 0 Å². The Balaban J connectivity index is 4.50. The molecule has 7 heteroatoms. The van der Waals surface area contributed by atoms with E-state index in [4.69, 9.17) is 5.11 Å². The largest absolute Gasteiger partial charge is 0.475 e. The lowest BCUT2D eigenvalue weighted by Crippen LogP contribution is -2.11. The molecule has 0 radical (unpaired) electrons. The summed E-state index contributed by atoms with van der Waals surface area (Å²) in [5.74, 6) is -3.72. The molecule has 0 amide bonds. The normalized spacial score (nSPS) is 12.4. The number of carboxylic acids is 1. The Hall–Kier alpha value is -1.53. The molecule has 0 aliphatic carbocycles. The van der Waals surface area contributed by atoms with Gasteiger partial charge in [0.15, 0.2) is 0 Å². The third-order valence-electron chi connectivity index (χ3n) is 0.983. The highest BCUT2D eigenvalue weighted by molar-refractivity contribution is 5.87. The van der Waals surface area contributed by atoms with Crippen LogP contribution in [0.4, 0.5) is 13.2 Å². The highest BCUT2D eigenvalue weighted by Gasteiger charge is 2.26. The predicted molar refractivity (Wildman–Crippen MR) is 38.2 cm³/mol. The molecule has 0 atom stereocenters. The summed E-state index contributed by atoms with van der Waals surface area (Å²) >= 11 is 0. The number of rotatable bonds is 3. The van der Waals surface area contributed by atoms with Crippen molar-refractivity contribution < 1.29 is 32.6 Å². The Morgan fingerprint density at radius 1 is 1.43 bits per heavy atom. The first-order chi connectivity index (χ1) is 6.22. The third-order valence-corrected chi connectivity index (χ3v) is 0.983. The third kappa shape index (κ3) is 6.04. The molecule has 0 bridgehead atoms. The summed E-state index contributed by atoms with van der Waals surface area (Å²) in [6, 6.07) is 0. The molecule has 14 heavy (non-hydrogen) atoms. The van der Waals surface area contributed by atoms with Crippen molar-refractivity contribution in [2.75, 3.05) is 0 Å². The summed E-state index contributed by atoms with van der Waals surface area (Å²) in [7, 11) is 0. The number of hydrogen-bond donors (Lipinski definition) is 1. The molecule has 0 fully saturated rings. The van der Waals surface area contributed by atoms with Crippen molar-refractivity contribution in [2.45, 2.75) is 19.5 Å². The van der Waals surface area contributed by atoms with E-state index in [0.29, 0.717) is 6.08 Å². The lowest BCUT2D eigenvalue weighted by Gasteiger charge is -2.04. The minimum Gasteiger partial charge on any atom is -0.475 e. The molecule has 0 saturated heterocycles. The number of esters is 1. The SMILES string of the molecule is CC(=O)OC(=CCC(F)(F)F)C(=O)O. The average molecular weight is 212 g/mol. The van der Waals surface area contributed by atoms with Crippen molar-refractivity contribution in [2.24, 2.45) is 0 Å². The van der Waals surface area contributed by atoms with E-state index >= 15 is 0 Å². The zero-order valence-corrected chi connectivity index (χ0v) is 7.09. The van der Waals surface area contributed by atoms with Crippen molar-refractivity contribution in [1.82, 2.24) is 0 Å². The lowest BCUT2D eigenvalue weighted by molar-refractivity contribution is -0.147. The van der Waals surface area contributed by atoms with Gasteiger partial charge in [0.2, 0.25) is 5.76 Å². The van der Waals surface area contributed by atoms with Gasteiger partial charge in [-0.1, -0.05) is 0 Å². The van der Waals surface area contributed by atoms with Gasteiger partial charge in [-0.25, -0.2) is 4.79 Å². The molecule has 0 saturated carbocycles. The van der Waals surface area contributed by atoms with Gasteiger partial charge < -0.3 is 9.84 Å². The Labute approximate surface area is 77.0 Å². The van der Waals surface area contributed by atoms with Crippen LogP contribution < -0.4 is 0 Å². The fourth-order valence-electron chi connectivity index (χ4n) is 0.536. The fourth-order valence-corrected chi connectivity index (χ4v) is 0.536. The van der Waals surface area contributed by atoms with E-state index in [1.54, 1.807) is 0 Å². The van der Waals surface area contributed by atoms with Crippen LogP contribution in [0.1, 0.15) is 13.3 Å². The van der Waals surface area contributed by atoms with E-state index in [1.165, 1.54) is 0 Å². The Bertz CT molecular complexity index is 267. The summed E-state index contributed by atoms with van der Waals surface area (Å²) in [4.78, 5) is 20.5.